The predicted octanol–water partition coefficient (Wildman–Crippen LogP) is 3.40. The first-order valence-corrected chi connectivity index (χ1v) is 7.70. The quantitative estimate of drug-likeness (QED) is 0.852. The van der Waals surface area contributed by atoms with Gasteiger partial charge in [-0.1, -0.05) is 6.07 Å². The zero-order valence-corrected chi connectivity index (χ0v) is 14.1. The van der Waals surface area contributed by atoms with E-state index < -0.39 is 29.8 Å². The lowest BCUT2D eigenvalue weighted by Crippen LogP contribution is -2.50. The number of amides is 4. The van der Waals surface area contributed by atoms with Gasteiger partial charge in [-0.15, -0.1) is 0 Å². The third kappa shape index (κ3) is 3.24. The van der Waals surface area contributed by atoms with Crippen LogP contribution in [0.1, 0.15) is 25.5 Å². The number of benzene rings is 1. The summed E-state index contributed by atoms with van der Waals surface area (Å²) < 4.78 is 13.7. The molecule has 1 aromatic rings. The van der Waals surface area contributed by atoms with Crippen molar-refractivity contribution >= 4 is 33.7 Å². The Labute approximate surface area is 141 Å². The van der Waals surface area contributed by atoms with Crippen LogP contribution in [-0.2, 0) is 0 Å². The summed E-state index contributed by atoms with van der Waals surface area (Å²) in [5.74, 6) is -1.27. The molecule has 120 valence electrons. The van der Waals surface area contributed by atoms with Crippen LogP contribution < -0.4 is 5.32 Å². The number of carbonyl (C=O) groups is 2. The Kier molecular flexibility index (Phi) is 5.11. The van der Waals surface area contributed by atoms with Gasteiger partial charge in [-0.2, -0.15) is 5.26 Å². The third-order valence-electron chi connectivity index (χ3n) is 3.49. The van der Waals surface area contributed by atoms with Gasteiger partial charge in [0, 0.05) is 12.3 Å². The normalized spacial score (nSPS) is 20.7. The number of carbonyl (C=O) groups excluding carboxylic acids is 2. The highest BCUT2D eigenvalue weighted by molar-refractivity contribution is 9.10. The highest BCUT2D eigenvalue weighted by Crippen LogP contribution is 2.35. The first-order valence-electron chi connectivity index (χ1n) is 6.91. The van der Waals surface area contributed by atoms with Gasteiger partial charge in [0.1, 0.15) is 11.7 Å². The molecule has 0 spiro atoms. The van der Waals surface area contributed by atoms with E-state index in [1.165, 1.54) is 18.2 Å². The van der Waals surface area contributed by atoms with Gasteiger partial charge < -0.3 is 5.32 Å². The first kappa shape index (κ1) is 17.1. The van der Waals surface area contributed by atoms with Gasteiger partial charge in [-0.05, 0) is 47.5 Å². The lowest BCUT2D eigenvalue weighted by Gasteiger charge is -2.35. The Morgan fingerprint density at radius 3 is 2.83 bits per heavy atom. The van der Waals surface area contributed by atoms with E-state index in [4.69, 9.17) is 0 Å². The van der Waals surface area contributed by atoms with E-state index in [0.29, 0.717) is 17.8 Å². The number of nitrogens with one attached hydrogen (secondary N) is 1. The second kappa shape index (κ2) is 6.87. The number of nitrogens with zero attached hydrogens (tertiary/aromatic N) is 3. The SMILES string of the molecule is CCNC(=O)N1C(=O)N=C(C)C(C#N)C1c1ccc(F)c(Br)c1. The molecule has 0 saturated heterocycles. The highest BCUT2D eigenvalue weighted by Gasteiger charge is 2.41. The van der Waals surface area contributed by atoms with Crippen molar-refractivity contribution in [1.29, 1.82) is 5.26 Å². The summed E-state index contributed by atoms with van der Waals surface area (Å²) in [6.45, 7) is 3.60. The maximum atomic E-state index is 13.5. The molecule has 0 aliphatic carbocycles. The van der Waals surface area contributed by atoms with E-state index >= 15 is 0 Å². The molecule has 8 heteroatoms. The van der Waals surface area contributed by atoms with E-state index in [2.05, 4.69) is 32.3 Å². The van der Waals surface area contributed by atoms with E-state index in [-0.39, 0.29) is 4.47 Å². The van der Waals surface area contributed by atoms with Gasteiger partial charge in [0.15, 0.2) is 0 Å². The molecule has 6 nitrogen and oxygen atoms in total. The fraction of sp³-hybridized carbons (Fsp3) is 0.333. The molecule has 1 N–H and O–H groups in total. The van der Waals surface area contributed by atoms with Crippen LogP contribution in [-0.4, -0.2) is 29.2 Å². The van der Waals surface area contributed by atoms with Gasteiger partial charge in [-0.3, -0.25) is 0 Å². The van der Waals surface area contributed by atoms with Gasteiger partial charge in [-0.25, -0.2) is 23.9 Å². The summed E-state index contributed by atoms with van der Waals surface area (Å²) in [7, 11) is 0. The molecule has 1 aliphatic heterocycles. The molecule has 23 heavy (non-hydrogen) atoms. The zero-order chi connectivity index (χ0) is 17.1. The summed E-state index contributed by atoms with van der Waals surface area (Å²) in [5.41, 5.74) is 0.794. The Balaban J connectivity index is 2.57. The van der Waals surface area contributed by atoms with Crippen LogP contribution in [0.5, 0.6) is 0 Å². The topological polar surface area (TPSA) is 85.6 Å². The number of hydrogen-bond acceptors (Lipinski definition) is 3. The van der Waals surface area contributed by atoms with Gasteiger partial charge in [0.2, 0.25) is 0 Å². The van der Waals surface area contributed by atoms with Crippen molar-refractivity contribution in [3.05, 3.63) is 34.1 Å². The lowest BCUT2D eigenvalue weighted by atomic mass is 9.88. The van der Waals surface area contributed by atoms with Crippen molar-refractivity contribution in [2.24, 2.45) is 10.9 Å². The third-order valence-corrected chi connectivity index (χ3v) is 4.10. The minimum atomic E-state index is -0.867. The van der Waals surface area contributed by atoms with Crippen molar-refractivity contribution in [1.82, 2.24) is 10.2 Å². The van der Waals surface area contributed by atoms with Crippen LogP contribution in [0, 0.1) is 23.1 Å². The minimum Gasteiger partial charge on any atom is -0.338 e. The number of nitriles is 1. The van der Waals surface area contributed by atoms with Crippen molar-refractivity contribution in [2.45, 2.75) is 19.9 Å². The van der Waals surface area contributed by atoms with E-state index in [1.807, 2.05) is 0 Å². The van der Waals surface area contributed by atoms with Crippen LogP contribution in [0.25, 0.3) is 0 Å². The van der Waals surface area contributed by atoms with Crippen LogP contribution in [0.15, 0.2) is 27.7 Å². The Hall–Kier alpha value is -2.27. The maximum absolute atomic E-state index is 13.5. The monoisotopic (exact) mass is 380 g/mol. The molecule has 0 bridgehead atoms. The van der Waals surface area contributed by atoms with E-state index in [1.54, 1.807) is 13.8 Å². The Bertz CT molecular complexity index is 729. The fourth-order valence-corrected chi connectivity index (χ4v) is 2.82. The molecule has 0 aromatic heterocycles. The van der Waals surface area contributed by atoms with Crippen LogP contribution in [0.4, 0.5) is 14.0 Å². The number of urea groups is 2. The molecule has 2 atom stereocenters. The molecule has 2 rings (SSSR count). The second-order valence-electron chi connectivity index (χ2n) is 4.97. The maximum Gasteiger partial charge on any atom is 0.352 e. The van der Waals surface area contributed by atoms with Crippen molar-refractivity contribution in [3.63, 3.8) is 0 Å². The highest BCUT2D eigenvalue weighted by atomic mass is 79.9. The summed E-state index contributed by atoms with van der Waals surface area (Å²) in [4.78, 5) is 29.1. The molecule has 2 unspecified atom stereocenters. The van der Waals surface area contributed by atoms with Crippen molar-refractivity contribution in [3.8, 4) is 6.07 Å². The molecule has 1 aromatic carbocycles. The number of imide groups is 1. The lowest BCUT2D eigenvalue weighted by molar-refractivity contribution is 0.167. The molecule has 1 heterocycles. The van der Waals surface area contributed by atoms with Gasteiger partial charge >= 0.3 is 12.1 Å². The molecule has 0 fully saturated rings. The molecule has 1 aliphatic rings. The van der Waals surface area contributed by atoms with E-state index in [0.717, 1.165) is 4.90 Å². The van der Waals surface area contributed by atoms with E-state index in [9.17, 15) is 19.2 Å². The second-order valence-corrected chi connectivity index (χ2v) is 5.82. The Morgan fingerprint density at radius 1 is 1.57 bits per heavy atom. The summed E-state index contributed by atoms with van der Waals surface area (Å²) in [5, 5.41) is 12.0. The zero-order valence-electron chi connectivity index (χ0n) is 12.5. The van der Waals surface area contributed by atoms with Gasteiger partial charge in [0.25, 0.3) is 0 Å². The molecule has 0 saturated carbocycles. The predicted molar refractivity (Wildman–Crippen MR) is 85.4 cm³/mol. The summed E-state index contributed by atoms with van der Waals surface area (Å²) >= 11 is 3.08. The molecule has 4 amide bonds. The van der Waals surface area contributed by atoms with Crippen molar-refractivity contribution in [2.75, 3.05) is 6.54 Å². The average Bonchev–Trinajstić information content (AvgIpc) is 2.49. The van der Waals surface area contributed by atoms with Crippen LogP contribution >= 0.6 is 15.9 Å². The van der Waals surface area contributed by atoms with Crippen molar-refractivity contribution < 1.29 is 14.0 Å². The number of aliphatic imine (C=N–C) groups is 1. The Morgan fingerprint density at radius 2 is 2.26 bits per heavy atom. The van der Waals surface area contributed by atoms with Crippen LogP contribution in [0.3, 0.4) is 0 Å². The number of hydrogen-bond donors (Lipinski definition) is 1. The first-order chi connectivity index (χ1) is 10.9. The molecular formula is C15H14BrFN4O2. The number of rotatable bonds is 2. The van der Waals surface area contributed by atoms with Crippen LogP contribution in [0.2, 0.25) is 0 Å². The summed E-state index contributed by atoms with van der Waals surface area (Å²) in [6.07, 6.45) is 0. The largest absolute Gasteiger partial charge is 0.352 e. The molecular weight excluding hydrogens is 367 g/mol. The fourth-order valence-electron chi connectivity index (χ4n) is 2.42. The minimum absolute atomic E-state index is 0.190. The standard InChI is InChI=1S/C15H14BrFN4O2/c1-3-19-14(22)21-13(9-4-5-12(17)11(16)6-9)10(7-18)8(2)20-15(21)23/h4-6,10,13H,3H2,1-2H3,(H,19,22). The summed E-state index contributed by atoms with van der Waals surface area (Å²) in [6, 6.07) is 3.95. The molecule has 0 radical (unpaired) electrons. The van der Waals surface area contributed by atoms with Gasteiger partial charge in [0.05, 0.1) is 16.6 Å². The smallest absolute Gasteiger partial charge is 0.338 e. The number of halogens is 2. The average molecular weight is 381 g/mol.